The Labute approximate surface area is 109 Å². The van der Waals surface area contributed by atoms with Crippen LogP contribution in [0.1, 0.15) is 20.9 Å². The predicted octanol–water partition coefficient (Wildman–Crippen LogP) is 1.40. The van der Waals surface area contributed by atoms with Gasteiger partial charge in [0.25, 0.3) is 5.91 Å². The normalized spacial score (nSPS) is 10.3. The second-order valence-corrected chi connectivity index (χ2v) is 4.86. The fourth-order valence-corrected chi connectivity index (χ4v) is 2.33. The zero-order valence-electron chi connectivity index (χ0n) is 10.0. The number of amides is 1. The first kappa shape index (κ1) is 12.5. The van der Waals surface area contributed by atoms with Crippen molar-refractivity contribution in [2.75, 3.05) is 12.3 Å². The number of thiazole rings is 1. The van der Waals surface area contributed by atoms with Gasteiger partial charge >= 0.3 is 0 Å². The molecule has 3 N–H and O–H groups in total. The number of carbonyl (C=O) groups is 1. The molecule has 0 fully saturated rings. The van der Waals surface area contributed by atoms with Gasteiger partial charge in [-0.05, 0) is 31.0 Å². The Morgan fingerprint density at radius 2 is 2.17 bits per heavy atom. The lowest BCUT2D eigenvalue weighted by Crippen LogP contribution is -2.25. The van der Waals surface area contributed by atoms with E-state index >= 15 is 0 Å². The second-order valence-electron chi connectivity index (χ2n) is 3.83. The van der Waals surface area contributed by atoms with Gasteiger partial charge in [0, 0.05) is 18.9 Å². The van der Waals surface area contributed by atoms with E-state index in [2.05, 4.69) is 15.3 Å². The summed E-state index contributed by atoms with van der Waals surface area (Å²) in [6.07, 6.45) is 4.26. The molecule has 1 amide bonds. The van der Waals surface area contributed by atoms with Gasteiger partial charge in [0.15, 0.2) is 5.13 Å². The average Bonchev–Trinajstić information content (AvgIpc) is 2.70. The fraction of sp³-hybridized carbons (Fsp3) is 0.250. The zero-order valence-corrected chi connectivity index (χ0v) is 10.8. The van der Waals surface area contributed by atoms with Gasteiger partial charge in [-0.3, -0.25) is 9.78 Å². The zero-order chi connectivity index (χ0) is 13.0. The third kappa shape index (κ3) is 3.04. The Kier molecular flexibility index (Phi) is 3.88. The molecular formula is C12H14N4OS. The van der Waals surface area contributed by atoms with E-state index in [4.69, 9.17) is 5.73 Å². The lowest BCUT2D eigenvalue weighted by atomic mass is 10.2. The number of rotatable bonds is 4. The molecule has 0 aliphatic carbocycles. The van der Waals surface area contributed by atoms with E-state index in [1.807, 2.05) is 12.1 Å². The Morgan fingerprint density at radius 1 is 1.44 bits per heavy atom. The topological polar surface area (TPSA) is 80.9 Å². The molecule has 0 atom stereocenters. The molecule has 2 rings (SSSR count). The Hall–Kier alpha value is -1.95. The first-order valence-electron chi connectivity index (χ1n) is 5.57. The summed E-state index contributed by atoms with van der Waals surface area (Å²) in [5.74, 6) is -0.115. The molecule has 0 spiro atoms. The number of hydrogen-bond donors (Lipinski definition) is 2. The molecule has 2 aromatic heterocycles. The lowest BCUT2D eigenvalue weighted by Gasteiger charge is -2.03. The van der Waals surface area contributed by atoms with Gasteiger partial charge in [-0.2, -0.15) is 0 Å². The quantitative estimate of drug-likeness (QED) is 0.872. The minimum Gasteiger partial charge on any atom is -0.375 e. The molecule has 94 valence electrons. The van der Waals surface area contributed by atoms with Gasteiger partial charge < -0.3 is 11.1 Å². The van der Waals surface area contributed by atoms with Crippen LogP contribution in [0.3, 0.4) is 0 Å². The summed E-state index contributed by atoms with van der Waals surface area (Å²) < 4.78 is 0. The molecule has 6 heteroatoms. The van der Waals surface area contributed by atoms with E-state index in [0.717, 1.165) is 12.0 Å². The molecule has 2 heterocycles. The third-order valence-corrected chi connectivity index (χ3v) is 3.45. The predicted molar refractivity (Wildman–Crippen MR) is 71.5 cm³/mol. The maximum atomic E-state index is 11.9. The average molecular weight is 262 g/mol. The van der Waals surface area contributed by atoms with Crippen molar-refractivity contribution in [3.63, 3.8) is 0 Å². The summed E-state index contributed by atoms with van der Waals surface area (Å²) in [6.45, 7) is 2.37. The van der Waals surface area contributed by atoms with Gasteiger partial charge in [-0.25, -0.2) is 4.98 Å². The summed E-state index contributed by atoms with van der Waals surface area (Å²) >= 11 is 1.21. The fourth-order valence-electron chi connectivity index (χ4n) is 1.58. The Bertz CT molecular complexity index is 538. The van der Waals surface area contributed by atoms with Crippen molar-refractivity contribution in [2.45, 2.75) is 13.3 Å². The smallest absolute Gasteiger partial charge is 0.263 e. The number of nitrogens with one attached hydrogen (secondary N) is 1. The van der Waals surface area contributed by atoms with Crippen molar-refractivity contribution in [3.8, 4) is 0 Å². The van der Waals surface area contributed by atoms with Crippen molar-refractivity contribution in [3.05, 3.63) is 40.7 Å². The summed E-state index contributed by atoms with van der Waals surface area (Å²) in [4.78, 5) is 20.4. The number of carbonyl (C=O) groups excluding carboxylic acids is 1. The third-order valence-electron chi connectivity index (χ3n) is 2.47. The van der Waals surface area contributed by atoms with Gasteiger partial charge in [0.05, 0.1) is 5.69 Å². The molecule has 0 unspecified atom stereocenters. The van der Waals surface area contributed by atoms with E-state index in [1.165, 1.54) is 11.3 Å². The molecule has 0 aliphatic heterocycles. The number of aromatic nitrogens is 2. The highest BCUT2D eigenvalue weighted by atomic mass is 32.1. The first-order valence-corrected chi connectivity index (χ1v) is 6.38. The maximum absolute atomic E-state index is 11.9. The first-order chi connectivity index (χ1) is 8.66. The standard InChI is InChI=1S/C12H14N4OS/c1-8-10(18-12(13)16-8)11(17)15-7-4-9-2-5-14-6-3-9/h2-3,5-6H,4,7H2,1H3,(H2,13,16)(H,15,17). The Morgan fingerprint density at radius 3 is 2.78 bits per heavy atom. The molecule has 5 nitrogen and oxygen atoms in total. The molecule has 0 saturated carbocycles. The maximum Gasteiger partial charge on any atom is 0.263 e. The number of hydrogen-bond acceptors (Lipinski definition) is 5. The highest BCUT2D eigenvalue weighted by molar-refractivity contribution is 7.17. The van der Waals surface area contributed by atoms with E-state index in [0.29, 0.717) is 22.2 Å². The van der Waals surface area contributed by atoms with Gasteiger partial charge in [-0.15, -0.1) is 0 Å². The monoisotopic (exact) mass is 262 g/mol. The van der Waals surface area contributed by atoms with Crippen LogP contribution in [-0.4, -0.2) is 22.4 Å². The van der Waals surface area contributed by atoms with Crippen molar-refractivity contribution >= 4 is 22.4 Å². The second kappa shape index (κ2) is 5.59. The number of nitrogens with two attached hydrogens (primary N) is 1. The molecule has 18 heavy (non-hydrogen) atoms. The molecule has 0 bridgehead atoms. The number of pyridine rings is 1. The van der Waals surface area contributed by atoms with Gasteiger partial charge in [0.2, 0.25) is 0 Å². The molecule has 2 aromatic rings. The molecule has 0 aromatic carbocycles. The van der Waals surface area contributed by atoms with Crippen LogP contribution in [0.5, 0.6) is 0 Å². The number of aryl methyl sites for hydroxylation is 1. The summed E-state index contributed by atoms with van der Waals surface area (Å²) in [5.41, 5.74) is 7.38. The summed E-state index contributed by atoms with van der Waals surface area (Å²) in [5, 5.41) is 3.28. The Balaban J connectivity index is 1.87. The lowest BCUT2D eigenvalue weighted by molar-refractivity contribution is 0.0957. The van der Waals surface area contributed by atoms with E-state index in [1.54, 1.807) is 19.3 Å². The van der Waals surface area contributed by atoms with Crippen LogP contribution in [0.15, 0.2) is 24.5 Å². The minimum absolute atomic E-state index is 0.115. The van der Waals surface area contributed by atoms with Crippen LogP contribution in [0, 0.1) is 6.92 Å². The van der Waals surface area contributed by atoms with E-state index in [-0.39, 0.29) is 5.91 Å². The minimum atomic E-state index is -0.115. The van der Waals surface area contributed by atoms with Crippen molar-refractivity contribution in [1.82, 2.24) is 15.3 Å². The molecule has 0 radical (unpaired) electrons. The number of nitrogens with zero attached hydrogens (tertiary/aromatic N) is 2. The SMILES string of the molecule is Cc1nc(N)sc1C(=O)NCCc1ccncc1. The van der Waals surface area contributed by atoms with E-state index in [9.17, 15) is 4.79 Å². The van der Waals surface area contributed by atoms with Gasteiger partial charge in [0.1, 0.15) is 4.88 Å². The van der Waals surface area contributed by atoms with Crippen molar-refractivity contribution in [2.24, 2.45) is 0 Å². The number of anilines is 1. The highest BCUT2D eigenvalue weighted by Crippen LogP contribution is 2.19. The van der Waals surface area contributed by atoms with E-state index < -0.39 is 0 Å². The molecular weight excluding hydrogens is 248 g/mol. The molecule has 0 aliphatic rings. The molecule has 0 saturated heterocycles. The van der Waals surface area contributed by atoms with Crippen LogP contribution in [-0.2, 0) is 6.42 Å². The van der Waals surface area contributed by atoms with Gasteiger partial charge in [-0.1, -0.05) is 11.3 Å². The van der Waals surface area contributed by atoms with Crippen molar-refractivity contribution in [1.29, 1.82) is 0 Å². The van der Waals surface area contributed by atoms with Crippen molar-refractivity contribution < 1.29 is 4.79 Å². The summed E-state index contributed by atoms with van der Waals surface area (Å²) in [6, 6.07) is 3.87. The largest absolute Gasteiger partial charge is 0.375 e. The highest BCUT2D eigenvalue weighted by Gasteiger charge is 2.13. The van der Waals surface area contributed by atoms with Crippen LogP contribution < -0.4 is 11.1 Å². The van der Waals surface area contributed by atoms with Crippen LogP contribution in [0.4, 0.5) is 5.13 Å². The summed E-state index contributed by atoms with van der Waals surface area (Å²) in [7, 11) is 0. The van der Waals surface area contributed by atoms with Crippen LogP contribution in [0.25, 0.3) is 0 Å². The van der Waals surface area contributed by atoms with Crippen LogP contribution >= 0.6 is 11.3 Å². The number of nitrogen functional groups attached to an aromatic ring is 1. The van der Waals surface area contributed by atoms with Crippen LogP contribution in [0.2, 0.25) is 0 Å².